The standard InChI is InChI=1S/C11H11N3O4S/c12-6-8-3-4-9(7-13-8)19(17,18)14-5-1-2-10(14)11(15)16/h3-4,7,10H,1-2,5H2,(H,15,16). The lowest BCUT2D eigenvalue weighted by molar-refractivity contribution is -0.140. The van der Waals surface area contributed by atoms with E-state index < -0.39 is 22.0 Å². The van der Waals surface area contributed by atoms with E-state index in [1.165, 1.54) is 12.1 Å². The van der Waals surface area contributed by atoms with Crippen LogP contribution in [-0.4, -0.2) is 41.4 Å². The second kappa shape index (κ2) is 4.95. The summed E-state index contributed by atoms with van der Waals surface area (Å²) in [5, 5.41) is 17.6. The first kappa shape index (κ1) is 13.5. The lowest BCUT2D eigenvalue weighted by atomic mass is 10.2. The first-order valence-electron chi connectivity index (χ1n) is 5.57. The third-order valence-electron chi connectivity index (χ3n) is 2.95. The average Bonchev–Trinajstić information content (AvgIpc) is 2.89. The highest BCUT2D eigenvalue weighted by atomic mass is 32.2. The SMILES string of the molecule is N#Cc1ccc(S(=O)(=O)N2CCCC2C(=O)O)cn1. The predicted molar refractivity (Wildman–Crippen MR) is 63.5 cm³/mol. The molecule has 1 atom stereocenters. The van der Waals surface area contributed by atoms with Crippen LogP contribution < -0.4 is 0 Å². The fourth-order valence-corrected chi connectivity index (χ4v) is 3.61. The van der Waals surface area contributed by atoms with Gasteiger partial charge in [0.15, 0.2) is 0 Å². The van der Waals surface area contributed by atoms with E-state index in [9.17, 15) is 13.2 Å². The topological polar surface area (TPSA) is 111 Å². The first-order valence-corrected chi connectivity index (χ1v) is 7.01. The molecule has 19 heavy (non-hydrogen) atoms. The molecule has 1 saturated heterocycles. The smallest absolute Gasteiger partial charge is 0.322 e. The Morgan fingerprint density at radius 3 is 2.79 bits per heavy atom. The van der Waals surface area contributed by atoms with Gasteiger partial charge in [-0.15, -0.1) is 0 Å². The third kappa shape index (κ3) is 2.43. The van der Waals surface area contributed by atoms with Crippen LogP contribution in [0.1, 0.15) is 18.5 Å². The number of hydrogen-bond acceptors (Lipinski definition) is 5. The van der Waals surface area contributed by atoms with Crippen molar-refractivity contribution in [1.29, 1.82) is 5.26 Å². The lowest BCUT2D eigenvalue weighted by Gasteiger charge is -2.20. The Hall–Kier alpha value is -1.98. The zero-order chi connectivity index (χ0) is 14.0. The van der Waals surface area contributed by atoms with Crippen LogP contribution in [-0.2, 0) is 14.8 Å². The molecule has 1 aliphatic heterocycles. The third-order valence-corrected chi connectivity index (χ3v) is 4.84. The van der Waals surface area contributed by atoms with Crippen LogP contribution >= 0.6 is 0 Å². The van der Waals surface area contributed by atoms with Gasteiger partial charge in [0.05, 0.1) is 0 Å². The molecule has 100 valence electrons. The maximum atomic E-state index is 12.3. The molecule has 1 unspecified atom stereocenters. The van der Waals surface area contributed by atoms with Gasteiger partial charge in [-0.2, -0.15) is 9.57 Å². The Bertz CT molecular complexity index is 633. The highest BCUT2D eigenvalue weighted by Gasteiger charge is 2.39. The summed E-state index contributed by atoms with van der Waals surface area (Å²) >= 11 is 0. The molecule has 1 aromatic rings. The van der Waals surface area contributed by atoms with Crippen molar-refractivity contribution >= 4 is 16.0 Å². The second-order valence-electron chi connectivity index (χ2n) is 4.10. The van der Waals surface area contributed by atoms with E-state index in [1.807, 2.05) is 0 Å². The summed E-state index contributed by atoms with van der Waals surface area (Å²) in [4.78, 5) is 14.6. The summed E-state index contributed by atoms with van der Waals surface area (Å²) in [7, 11) is -3.88. The summed E-state index contributed by atoms with van der Waals surface area (Å²) in [6.07, 6.45) is 1.89. The minimum absolute atomic E-state index is 0.0975. The molecule has 1 aliphatic rings. The van der Waals surface area contributed by atoms with Gasteiger partial charge in [0.2, 0.25) is 10.0 Å². The van der Waals surface area contributed by atoms with Crippen molar-refractivity contribution < 1.29 is 18.3 Å². The van der Waals surface area contributed by atoms with Gasteiger partial charge in [0, 0.05) is 12.7 Å². The van der Waals surface area contributed by atoms with Crippen molar-refractivity contribution in [3.63, 3.8) is 0 Å². The molecule has 0 aliphatic carbocycles. The molecule has 0 amide bonds. The molecule has 8 heteroatoms. The Labute approximate surface area is 110 Å². The fraction of sp³-hybridized carbons (Fsp3) is 0.364. The molecule has 0 bridgehead atoms. The van der Waals surface area contributed by atoms with E-state index in [4.69, 9.17) is 10.4 Å². The van der Waals surface area contributed by atoms with E-state index in [1.54, 1.807) is 6.07 Å². The molecule has 2 rings (SSSR count). The maximum Gasteiger partial charge on any atom is 0.322 e. The molecule has 0 aromatic carbocycles. The van der Waals surface area contributed by atoms with Gasteiger partial charge in [0.25, 0.3) is 0 Å². The van der Waals surface area contributed by atoms with E-state index >= 15 is 0 Å². The van der Waals surface area contributed by atoms with Crippen LogP contribution in [0, 0.1) is 11.3 Å². The van der Waals surface area contributed by atoms with Crippen LogP contribution in [0.25, 0.3) is 0 Å². The van der Waals surface area contributed by atoms with Gasteiger partial charge in [0.1, 0.15) is 22.7 Å². The number of hydrogen-bond donors (Lipinski definition) is 1. The molecule has 1 aromatic heterocycles. The van der Waals surface area contributed by atoms with Crippen LogP contribution in [0.5, 0.6) is 0 Å². The lowest BCUT2D eigenvalue weighted by Crippen LogP contribution is -2.40. The van der Waals surface area contributed by atoms with E-state index in [0.717, 1.165) is 10.5 Å². The van der Waals surface area contributed by atoms with Crippen molar-refractivity contribution in [2.45, 2.75) is 23.8 Å². The molecule has 0 saturated carbocycles. The number of carboxylic acids is 1. The number of aromatic nitrogens is 1. The minimum atomic E-state index is -3.88. The number of nitriles is 1. The molecule has 0 spiro atoms. The molecule has 2 heterocycles. The van der Waals surface area contributed by atoms with Crippen molar-refractivity contribution in [2.75, 3.05) is 6.54 Å². The van der Waals surface area contributed by atoms with Gasteiger partial charge in [-0.05, 0) is 25.0 Å². The second-order valence-corrected chi connectivity index (χ2v) is 5.99. The van der Waals surface area contributed by atoms with E-state index in [-0.39, 0.29) is 17.1 Å². The summed E-state index contributed by atoms with van der Waals surface area (Å²) < 4.78 is 25.5. The fourth-order valence-electron chi connectivity index (χ4n) is 2.01. The first-order chi connectivity index (χ1) is 8.96. The number of rotatable bonds is 3. The van der Waals surface area contributed by atoms with Gasteiger partial charge in [-0.1, -0.05) is 0 Å². The highest BCUT2D eigenvalue weighted by molar-refractivity contribution is 7.89. The zero-order valence-electron chi connectivity index (χ0n) is 9.85. The molecule has 0 radical (unpaired) electrons. The van der Waals surface area contributed by atoms with E-state index in [0.29, 0.717) is 12.8 Å². The number of carbonyl (C=O) groups is 1. The predicted octanol–water partition coefficient (Wildman–Crippen LogP) is 0.191. The van der Waals surface area contributed by atoms with Crippen molar-refractivity contribution in [3.8, 4) is 6.07 Å². The molecule has 1 fully saturated rings. The molecule has 1 N–H and O–H groups in total. The Balaban J connectivity index is 2.36. The summed E-state index contributed by atoms with van der Waals surface area (Å²) in [5.74, 6) is -1.15. The van der Waals surface area contributed by atoms with Gasteiger partial charge >= 0.3 is 5.97 Å². The summed E-state index contributed by atoms with van der Waals surface area (Å²) in [6.45, 7) is 0.180. The van der Waals surface area contributed by atoms with Crippen molar-refractivity contribution in [3.05, 3.63) is 24.0 Å². The largest absolute Gasteiger partial charge is 0.480 e. The molecular weight excluding hydrogens is 270 g/mol. The van der Waals surface area contributed by atoms with Gasteiger partial charge in [-0.3, -0.25) is 4.79 Å². The summed E-state index contributed by atoms with van der Waals surface area (Å²) in [6, 6.07) is 3.31. The van der Waals surface area contributed by atoms with Crippen LogP contribution in [0.3, 0.4) is 0 Å². The Kier molecular flexibility index (Phi) is 3.50. The normalized spacial score (nSPS) is 20.1. The molecule has 7 nitrogen and oxygen atoms in total. The summed E-state index contributed by atoms with van der Waals surface area (Å²) in [5.41, 5.74) is 0.107. The minimum Gasteiger partial charge on any atom is -0.480 e. The number of aliphatic carboxylic acids is 1. The maximum absolute atomic E-state index is 12.3. The number of pyridine rings is 1. The van der Waals surface area contributed by atoms with Gasteiger partial charge in [-0.25, -0.2) is 13.4 Å². The quantitative estimate of drug-likeness (QED) is 0.846. The zero-order valence-corrected chi connectivity index (χ0v) is 10.7. The Morgan fingerprint density at radius 2 is 2.26 bits per heavy atom. The number of nitrogens with zero attached hydrogens (tertiary/aromatic N) is 3. The van der Waals surface area contributed by atoms with Crippen molar-refractivity contribution in [1.82, 2.24) is 9.29 Å². The van der Waals surface area contributed by atoms with Crippen LogP contribution in [0.4, 0.5) is 0 Å². The van der Waals surface area contributed by atoms with Crippen LogP contribution in [0.15, 0.2) is 23.2 Å². The van der Waals surface area contributed by atoms with Crippen molar-refractivity contribution in [2.24, 2.45) is 0 Å². The van der Waals surface area contributed by atoms with Gasteiger partial charge < -0.3 is 5.11 Å². The van der Waals surface area contributed by atoms with E-state index in [2.05, 4.69) is 4.98 Å². The highest BCUT2D eigenvalue weighted by Crippen LogP contribution is 2.25. The average molecular weight is 281 g/mol. The Morgan fingerprint density at radius 1 is 1.53 bits per heavy atom. The number of carboxylic acid groups (broad SMARTS) is 1. The monoisotopic (exact) mass is 281 g/mol. The molecular formula is C11H11N3O4S. The van der Waals surface area contributed by atoms with Crippen LogP contribution in [0.2, 0.25) is 0 Å². The number of sulfonamides is 1.